The number of nitrogens with one attached hydrogen (secondary N) is 1. The second-order valence-electron chi connectivity index (χ2n) is 5.94. The zero-order chi connectivity index (χ0) is 15.0. The third kappa shape index (κ3) is 5.19. The minimum absolute atomic E-state index is 0. The third-order valence-electron chi connectivity index (χ3n) is 4.36. The van der Waals surface area contributed by atoms with E-state index in [9.17, 15) is 0 Å². The van der Waals surface area contributed by atoms with Crippen LogP contribution in [0.2, 0.25) is 0 Å². The number of hydrogen-bond acceptors (Lipinski definition) is 2. The summed E-state index contributed by atoms with van der Waals surface area (Å²) < 4.78 is 0. The summed E-state index contributed by atoms with van der Waals surface area (Å²) in [5.74, 6) is 0. The fourth-order valence-electron chi connectivity index (χ4n) is 3.17. The number of pyridine rings is 1. The van der Waals surface area contributed by atoms with E-state index < -0.39 is 0 Å². The Morgan fingerprint density at radius 2 is 1.78 bits per heavy atom. The fourth-order valence-corrected chi connectivity index (χ4v) is 3.17. The maximum atomic E-state index is 4.28. The molecule has 1 aliphatic rings. The van der Waals surface area contributed by atoms with Gasteiger partial charge >= 0.3 is 0 Å². The molecule has 0 unspecified atom stereocenters. The summed E-state index contributed by atoms with van der Waals surface area (Å²) in [5.41, 5.74) is 5.81. The maximum absolute atomic E-state index is 4.28. The van der Waals surface area contributed by atoms with Crippen molar-refractivity contribution in [3.8, 4) is 0 Å². The summed E-state index contributed by atoms with van der Waals surface area (Å²) in [6.07, 6.45) is 9.99. The van der Waals surface area contributed by atoms with E-state index in [-0.39, 0.29) is 12.4 Å². The fraction of sp³-hybridized carbons (Fsp3) is 0.350. The van der Waals surface area contributed by atoms with Gasteiger partial charge in [-0.05, 0) is 61.4 Å². The van der Waals surface area contributed by atoms with E-state index in [1.807, 2.05) is 18.5 Å². The molecule has 1 aliphatic carbocycles. The molecule has 1 heterocycles. The average Bonchev–Trinajstić information content (AvgIpc) is 2.61. The zero-order valence-electron chi connectivity index (χ0n) is 13.5. The number of benzene rings is 1. The Hall–Kier alpha value is -1.64. The van der Waals surface area contributed by atoms with E-state index >= 15 is 0 Å². The van der Waals surface area contributed by atoms with Gasteiger partial charge in [-0.25, -0.2) is 0 Å². The van der Waals surface area contributed by atoms with Gasteiger partial charge in [0.15, 0.2) is 0 Å². The zero-order valence-corrected chi connectivity index (χ0v) is 14.3. The molecule has 1 aromatic carbocycles. The highest BCUT2D eigenvalue weighted by Crippen LogP contribution is 2.31. The van der Waals surface area contributed by atoms with Gasteiger partial charge in [-0.1, -0.05) is 42.0 Å². The van der Waals surface area contributed by atoms with Crippen LogP contribution in [0.15, 0.2) is 60.4 Å². The molecule has 0 radical (unpaired) electrons. The van der Waals surface area contributed by atoms with Gasteiger partial charge in [0.05, 0.1) is 0 Å². The number of halogens is 1. The van der Waals surface area contributed by atoms with Gasteiger partial charge in [-0.15, -0.1) is 12.4 Å². The van der Waals surface area contributed by atoms with Gasteiger partial charge in [-0.2, -0.15) is 0 Å². The second-order valence-corrected chi connectivity index (χ2v) is 5.94. The van der Waals surface area contributed by atoms with Crippen molar-refractivity contribution in [3.63, 3.8) is 0 Å². The first-order valence-electron chi connectivity index (χ1n) is 8.29. The Bertz CT molecular complexity index is 608. The van der Waals surface area contributed by atoms with E-state index in [0.29, 0.717) is 0 Å². The molecule has 0 spiro atoms. The summed E-state index contributed by atoms with van der Waals surface area (Å²) >= 11 is 0. The highest BCUT2D eigenvalue weighted by molar-refractivity contribution is 5.85. The maximum Gasteiger partial charge on any atom is 0.0343 e. The Kier molecular flexibility index (Phi) is 7.31. The molecule has 23 heavy (non-hydrogen) atoms. The van der Waals surface area contributed by atoms with Crippen LogP contribution in [0.25, 0.3) is 5.57 Å². The molecule has 2 nitrogen and oxygen atoms in total. The molecule has 3 heteroatoms. The van der Waals surface area contributed by atoms with Crippen molar-refractivity contribution in [1.29, 1.82) is 0 Å². The van der Waals surface area contributed by atoms with Crippen LogP contribution in [0.3, 0.4) is 0 Å². The molecular weight excluding hydrogens is 304 g/mol. The third-order valence-corrected chi connectivity index (χ3v) is 4.36. The van der Waals surface area contributed by atoms with Gasteiger partial charge in [0.2, 0.25) is 0 Å². The van der Waals surface area contributed by atoms with Crippen LogP contribution in [0.4, 0.5) is 0 Å². The lowest BCUT2D eigenvalue weighted by atomic mass is 9.88. The van der Waals surface area contributed by atoms with Crippen LogP contribution in [0.5, 0.6) is 0 Å². The first-order chi connectivity index (χ1) is 10.9. The Labute approximate surface area is 145 Å². The highest BCUT2D eigenvalue weighted by Gasteiger charge is 2.14. The molecule has 122 valence electrons. The van der Waals surface area contributed by atoms with Crippen LogP contribution in [0, 0.1) is 0 Å². The molecular formula is C20H25ClN2. The average molecular weight is 329 g/mol. The first kappa shape index (κ1) is 17.7. The van der Waals surface area contributed by atoms with Crippen molar-refractivity contribution in [2.45, 2.75) is 32.1 Å². The topological polar surface area (TPSA) is 24.9 Å². The molecule has 3 rings (SSSR count). The summed E-state index contributed by atoms with van der Waals surface area (Å²) in [5, 5.41) is 3.63. The highest BCUT2D eigenvalue weighted by atomic mass is 35.5. The molecule has 0 fully saturated rings. The van der Waals surface area contributed by atoms with Crippen LogP contribution in [0.1, 0.15) is 36.8 Å². The summed E-state index contributed by atoms with van der Waals surface area (Å²) in [4.78, 5) is 4.28. The van der Waals surface area contributed by atoms with Crippen LogP contribution >= 0.6 is 12.4 Å². The lowest BCUT2D eigenvalue weighted by Crippen LogP contribution is -2.21. The predicted octanol–water partition coefficient (Wildman–Crippen LogP) is 4.66. The van der Waals surface area contributed by atoms with Crippen molar-refractivity contribution in [2.24, 2.45) is 0 Å². The number of hydrogen-bond donors (Lipinski definition) is 1. The Balaban J connectivity index is 0.00000192. The van der Waals surface area contributed by atoms with Gasteiger partial charge < -0.3 is 5.32 Å². The van der Waals surface area contributed by atoms with E-state index in [0.717, 1.165) is 19.5 Å². The SMILES string of the molecule is Cl.c1ccc(CCNCC2=C(c3cccnc3)CCCC2)cc1. The molecule has 0 amide bonds. The number of allylic oxidation sites excluding steroid dienone is 1. The molecule has 0 atom stereocenters. The normalized spacial score (nSPS) is 14.4. The summed E-state index contributed by atoms with van der Waals surface area (Å²) in [6.45, 7) is 2.05. The van der Waals surface area contributed by atoms with E-state index in [1.54, 1.807) is 5.57 Å². The van der Waals surface area contributed by atoms with E-state index in [2.05, 4.69) is 46.7 Å². The standard InChI is InChI=1S/C20H24N2.ClH/c1-2-7-17(8-3-1)12-14-22-16-18-9-4-5-11-20(18)19-10-6-13-21-15-19;/h1-3,6-8,10,13,15,22H,4-5,9,11-12,14,16H2;1H. The minimum Gasteiger partial charge on any atom is -0.313 e. The molecule has 0 saturated heterocycles. The minimum atomic E-state index is 0. The number of rotatable bonds is 6. The molecule has 0 saturated carbocycles. The van der Waals surface area contributed by atoms with E-state index in [1.165, 1.54) is 42.4 Å². The van der Waals surface area contributed by atoms with Gasteiger partial charge in [0, 0.05) is 18.9 Å². The molecule has 0 aliphatic heterocycles. The lowest BCUT2D eigenvalue weighted by molar-refractivity contribution is 0.656. The van der Waals surface area contributed by atoms with Crippen molar-refractivity contribution < 1.29 is 0 Å². The van der Waals surface area contributed by atoms with Crippen molar-refractivity contribution in [1.82, 2.24) is 10.3 Å². The first-order valence-corrected chi connectivity index (χ1v) is 8.29. The second kappa shape index (κ2) is 9.49. The molecule has 2 aromatic rings. The Morgan fingerprint density at radius 3 is 2.57 bits per heavy atom. The van der Waals surface area contributed by atoms with Crippen molar-refractivity contribution in [3.05, 3.63) is 71.6 Å². The van der Waals surface area contributed by atoms with Gasteiger partial charge in [0.1, 0.15) is 0 Å². The smallest absolute Gasteiger partial charge is 0.0343 e. The van der Waals surface area contributed by atoms with E-state index in [4.69, 9.17) is 0 Å². The largest absolute Gasteiger partial charge is 0.313 e. The monoisotopic (exact) mass is 328 g/mol. The molecule has 1 N–H and O–H groups in total. The summed E-state index contributed by atoms with van der Waals surface area (Å²) in [7, 11) is 0. The van der Waals surface area contributed by atoms with Gasteiger partial charge in [-0.3, -0.25) is 4.98 Å². The van der Waals surface area contributed by atoms with Crippen molar-refractivity contribution >= 4 is 18.0 Å². The summed E-state index contributed by atoms with van der Waals surface area (Å²) in [6, 6.07) is 14.9. The van der Waals surface area contributed by atoms with Crippen LogP contribution in [-0.2, 0) is 6.42 Å². The molecule has 0 bridgehead atoms. The van der Waals surface area contributed by atoms with Crippen molar-refractivity contribution in [2.75, 3.05) is 13.1 Å². The lowest BCUT2D eigenvalue weighted by Gasteiger charge is -2.21. The predicted molar refractivity (Wildman–Crippen MR) is 99.9 cm³/mol. The van der Waals surface area contributed by atoms with Crippen LogP contribution < -0.4 is 5.32 Å². The number of nitrogens with zero attached hydrogens (tertiary/aromatic N) is 1. The quantitative estimate of drug-likeness (QED) is 0.780. The van der Waals surface area contributed by atoms with Crippen LogP contribution in [-0.4, -0.2) is 18.1 Å². The number of aromatic nitrogens is 1. The van der Waals surface area contributed by atoms with Gasteiger partial charge in [0.25, 0.3) is 0 Å². The molecule has 1 aromatic heterocycles. The Morgan fingerprint density at radius 1 is 0.957 bits per heavy atom.